The largest absolute Gasteiger partial charge is 0.291 e. The third-order valence-electron chi connectivity index (χ3n) is 8.76. The maximum Gasteiger partial charge on any atom is 0.291 e. The van der Waals surface area contributed by atoms with E-state index in [0.717, 1.165) is 21.3 Å². The lowest BCUT2D eigenvalue weighted by Crippen LogP contribution is -2.25. The van der Waals surface area contributed by atoms with Gasteiger partial charge in [0.2, 0.25) is 0 Å². The highest BCUT2D eigenvalue weighted by atomic mass is 32.1. The Hall–Kier alpha value is -5.31. The molecule has 5 heteroatoms. The molecule has 41 heavy (non-hydrogen) atoms. The minimum Gasteiger partial charge on any atom is -0.290 e. The van der Waals surface area contributed by atoms with Gasteiger partial charge in [-0.15, -0.1) is 0 Å². The van der Waals surface area contributed by atoms with Crippen molar-refractivity contribution >= 4 is 26.5 Å². The summed E-state index contributed by atoms with van der Waals surface area (Å²) in [5, 5.41) is 9.33. The first kappa shape index (κ1) is 22.5. The number of thiazole rings is 1. The van der Waals surface area contributed by atoms with Crippen LogP contribution in [0.2, 0.25) is 0 Å². The smallest absolute Gasteiger partial charge is 0.290 e. The van der Waals surface area contributed by atoms with Crippen molar-refractivity contribution < 1.29 is 0 Å². The van der Waals surface area contributed by atoms with Crippen LogP contribution in [0, 0.1) is 11.3 Å². The Morgan fingerprint density at radius 2 is 1.24 bits per heavy atom. The molecule has 0 aliphatic heterocycles. The Balaban J connectivity index is 1.31. The lowest BCUT2D eigenvalue weighted by atomic mass is 9.70. The van der Waals surface area contributed by atoms with Crippen molar-refractivity contribution in [3.63, 3.8) is 0 Å². The van der Waals surface area contributed by atoms with E-state index in [9.17, 15) is 10.1 Å². The zero-order chi connectivity index (χ0) is 27.3. The highest BCUT2D eigenvalue weighted by Crippen LogP contribution is 2.62. The summed E-state index contributed by atoms with van der Waals surface area (Å²) in [6.07, 6.45) is 1.59. The number of rotatable bonds is 1. The van der Waals surface area contributed by atoms with Crippen LogP contribution in [0.4, 0.5) is 0 Å². The maximum absolute atomic E-state index is 12.2. The van der Waals surface area contributed by atoms with E-state index in [1.165, 1.54) is 55.8 Å². The Kier molecular flexibility index (Phi) is 4.32. The molecule has 1 spiro atoms. The summed E-state index contributed by atoms with van der Waals surface area (Å²) in [4.78, 5) is 16.9. The fraction of sp³-hybridized carbons (Fsp3) is 0.0278. The number of fused-ring (bicyclic) bond motifs is 13. The Bertz CT molecular complexity index is 2310. The van der Waals surface area contributed by atoms with Crippen LogP contribution in [-0.2, 0) is 5.41 Å². The normalized spacial score (nSPS) is 13.6. The van der Waals surface area contributed by atoms with Gasteiger partial charge in [-0.25, -0.2) is 0 Å². The van der Waals surface area contributed by atoms with Gasteiger partial charge in [-0.05, 0) is 73.8 Å². The molecule has 0 atom stereocenters. The van der Waals surface area contributed by atoms with E-state index in [1.54, 1.807) is 6.20 Å². The van der Waals surface area contributed by atoms with Crippen molar-refractivity contribution in [3.05, 3.63) is 154 Å². The molecule has 0 radical (unpaired) electrons. The van der Waals surface area contributed by atoms with Crippen LogP contribution >= 0.6 is 11.3 Å². The summed E-state index contributed by atoms with van der Waals surface area (Å²) in [5.41, 5.74) is 12.8. The van der Waals surface area contributed by atoms with Gasteiger partial charge in [0.1, 0.15) is 11.6 Å². The molecule has 0 fully saturated rings. The van der Waals surface area contributed by atoms with Crippen LogP contribution in [-0.4, -0.2) is 9.38 Å². The number of nitrogens with zero attached hydrogens (tertiary/aromatic N) is 3. The number of benzene rings is 5. The van der Waals surface area contributed by atoms with Crippen LogP contribution < -0.4 is 5.56 Å². The fourth-order valence-corrected chi connectivity index (χ4v) is 8.14. The SMILES string of the molecule is N#Cc1cn2c(nc1=O)sc1cc(-c3ccc4c(c3)C3(c5ccccc5-c5ccccc53)c3ccccc3-4)ccc12. The summed E-state index contributed by atoms with van der Waals surface area (Å²) >= 11 is 1.46. The minimum atomic E-state index is -0.486. The Morgan fingerprint density at radius 1 is 0.683 bits per heavy atom. The molecule has 2 aliphatic carbocycles. The van der Waals surface area contributed by atoms with E-state index in [1.807, 2.05) is 10.5 Å². The van der Waals surface area contributed by atoms with E-state index >= 15 is 0 Å². The lowest BCUT2D eigenvalue weighted by molar-refractivity contribution is 0.794. The number of hydrogen-bond acceptors (Lipinski definition) is 4. The molecule has 2 heterocycles. The summed E-state index contributed by atoms with van der Waals surface area (Å²) in [7, 11) is 0. The average Bonchev–Trinajstić information content (AvgIpc) is 3.63. The van der Waals surface area contributed by atoms with Gasteiger partial charge in [0.15, 0.2) is 4.96 Å². The average molecular weight is 542 g/mol. The second-order valence-electron chi connectivity index (χ2n) is 10.7. The van der Waals surface area contributed by atoms with Crippen molar-refractivity contribution in [3.8, 4) is 39.4 Å². The van der Waals surface area contributed by atoms with Crippen molar-refractivity contribution in [2.45, 2.75) is 5.41 Å². The monoisotopic (exact) mass is 541 g/mol. The van der Waals surface area contributed by atoms with Crippen molar-refractivity contribution in [2.24, 2.45) is 0 Å². The van der Waals surface area contributed by atoms with Gasteiger partial charge in [0.25, 0.3) is 5.56 Å². The predicted octanol–water partition coefficient (Wildman–Crippen LogP) is 7.79. The lowest BCUT2D eigenvalue weighted by Gasteiger charge is -2.30. The van der Waals surface area contributed by atoms with Crippen LogP contribution in [0.5, 0.6) is 0 Å². The summed E-state index contributed by atoms with van der Waals surface area (Å²) in [6.45, 7) is 0. The third-order valence-corrected chi connectivity index (χ3v) is 9.78. The molecule has 5 aromatic carbocycles. The standard InChI is InChI=1S/C36H19N3OS/c37-19-23-20-39-32-16-14-22(18-33(32)41-35(39)38-34(23)40)21-13-15-27-26-9-3-6-12-30(26)36(31(27)17-21)28-10-4-1-7-24(28)25-8-2-5-11-29(25)36/h1-18,20H. The van der Waals surface area contributed by atoms with Crippen molar-refractivity contribution in [1.82, 2.24) is 9.38 Å². The molecular formula is C36H19N3OS. The number of nitriles is 1. The van der Waals surface area contributed by atoms with E-state index < -0.39 is 5.56 Å². The first-order chi connectivity index (χ1) is 20.2. The molecular weight excluding hydrogens is 522 g/mol. The van der Waals surface area contributed by atoms with Crippen LogP contribution in [0.1, 0.15) is 27.8 Å². The minimum absolute atomic E-state index is 0.0480. The van der Waals surface area contributed by atoms with Gasteiger partial charge < -0.3 is 0 Å². The molecule has 0 saturated carbocycles. The molecule has 4 nitrogen and oxygen atoms in total. The summed E-state index contributed by atoms with van der Waals surface area (Å²) in [5.74, 6) is 0. The van der Waals surface area contributed by atoms with Crippen LogP contribution in [0.3, 0.4) is 0 Å². The van der Waals surface area contributed by atoms with Crippen molar-refractivity contribution in [1.29, 1.82) is 5.26 Å². The molecule has 7 aromatic rings. The van der Waals surface area contributed by atoms with E-state index in [2.05, 4.69) is 114 Å². The second kappa shape index (κ2) is 7.88. The maximum atomic E-state index is 12.2. The molecule has 0 N–H and O–H groups in total. The van der Waals surface area contributed by atoms with Gasteiger partial charge in [-0.2, -0.15) is 10.2 Å². The fourth-order valence-electron chi connectivity index (χ4n) is 7.11. The topological polar surface area (TPSA) is 58.2 Å². The first-order valence-electron chi connectivity index (χ1n) is 13.5. The second-order valence-corrected chi connectivity index (χ2v) is 11.7. The van der Waals surface area contributed by atoms with Crippen molar-refractivity contribution in [2.75, 3.05) is 0 Å². The molecule has 0 amide bonds. The van der Waals surface area contributed by atoms with Crippen LogP contribution in [0.25, 0.3) is 48.6 Å². The van der Waals surface area contributed by atoms with Crippen LogP contribution in [0.15, 0.2) is 120 Å². The molecule has 0 bridgehead atoms. The Labute approximate surface area is 239 Å². The zero-order valence-electron chi connectivity index (χ0n) is 21.6. The Morgan fingerprint density at radius 3 is 1.88 bits per heavy atom. The van der Waals surface area contributed by atoms with Gasteiger partial charge in [-0.3, -0.25) is 9.20 Å². The summed E-state index contributed by atoms with van der Waals surface area (Å²) < 4.78 is 2.85. The van der Waals surface area contributed by atoms with E-state index in [-0.39, 0.29) is 11.0 Å². The number of aromatic nitrogens is 2. The molecule has 2 aromatic heterocycles. The quantitative estimate of drug-likeness (QED) is 0.213. The number of hydrogen-bond donors (Lipinski definition) is 0. The van der Waals surface area contributed by atoms with Gasteiger partial charge in [-0.1, -0.05) is 102 Å². The van der Waals surface area contributed by atoms with Gasteiger partial charge in [0, 0.05) is 6.20 Å². The van der Waals surface area contributed by atoms with E-state index in [0.29, 0.717) is 4.96 Å². The van der Waals surface area contributed by atoms with Gasteiger partial charge in [0.05, 0.1) is 15.6 Å². The van der Waals surface area contributed by atoms with Gasteiger partial charge >= 0.3 is 0 Å². The zero-order valence-corrected chi connectivity index (χ0v) is 22.4. The molecule has 0 unspecified atom stereocenters. The molecule has 0 saturated heterocycles. The molecule has 9 rings (SSSR count). The molecule has 2 aliphatic rings. The third kappa shape index (κ3) is 2.77. The summed E-state index contributed by atoms with van der Waals surface area (Å²) in [6, 6.07) is 41.6. The highest BCUT2D eigenvalue weighted by Gasteiger charge is 2.51. The van der Waals surface area contributed by atoms with E-state index in [4.69, 9.17) is 0 Å². The highest BCUT2D eigenvalue weighted by molar-refractivity contribution is 7.23. The first-order valence-corrected chi connectivity index (χ1v) is 14.3. The predicted molar refractivity (Wildman–Crippen MR) is 163 cm³/mol. The molecule has 190 valence electrons.